The Morgan fingerprint density at radius 1 is 1.53 bits per heavy atom. The summed E-state index contributed by atoms with van der Waals surface area (Å²) < 4.78 is 0.949. The van der Waals surface area contributed by atoms with Gasteiger partial charge in [-0.1, -0.05) is 35.3 Å². The van der Waals surface area contributed by atoms with Crippen LogP contribution < -0.4 is 11.1 Å². The van der Waals surface area contributed by atoms with E-state index in [9.17, 15) is 4.79 Å². The van der Waals surface area contributed by atoms with E-state index >= 15 is 0 Å². The van der Waals surface area contributed by atoms with E-state index in [0.29, 0.717) is 12.1 Å². The molecular weight excluding hydrogens is 280 g/mol. The molecule has 94 valence electrons. The number of benzene rings is 1. The van der Waals surface area contributed by atoms with E-state index in [1.165, 1.54) is 0 Å². The minimum atomic E-state index is -0.0606. The van der Waals surface area contributed by atoms with Crippen LogP contribution in [0, 0.1) is 6.92 Å². The van der Waals surface area contributed by atoms with Crippen molar-refractivity contribution < 1.29 is 4.79 Å². The first kappa shape index (κ1) is 14.2. The minimum Gasteiger partial charge on any atom is -0.348 e. The lowest BCUT2D eigenvalue weighted by Crippen LogP contribution is -2.40. The molecule has 1 rings (SSSR count). The van der Waals surface area contributed by atoms with Crippen molar-refractivity contribution in [1.29, 1.82) is 0 Å². The normalized spacial score (nSPS) is 12.2. The van der Waals surface area contributed by atoms with Crippen LogP contribution in [0.15, 0.2) is 22.7 Å². The van der Waals surface area contributed by atoms with Crippen molar-refractivity contribution in [2.45, 2.75) is 32.7 Å². The first-order chi connectivity index (χ1) is 8.08. The molecule has 0 saturated carbocycles. The van der Waals surface area contributed by atoms with E-state index in [2.05, 4.69) is 28.2 Å². The van der Waals surface area contributed by atoms with Gasteiger partial charge in [0.15, 0.2) is 0 Å². The average Bonchev–Trinajstić information content (AvgIpc) is 2.31. The van der Waals surface area contributed by atoms with Crippen LogP contribution in [0.1, 0.15) is 35.7 Å². The second kappa shape index (κ2) is 6.77. The molecule has 3 nitrogen and oxygen atoms in total. The Morgan fingerprint density at radius 2 is 2.24 bits per heavy atom. The summed E-state index contributed by atoms with van der Waals surface area (Å²) in [7, 11) is 0. The van der Waals surface area contributed by atoms with Crippen LogP contribution in [0.2, 0.25) is 0 Å². The summed E-state index contributed by atoms with van der Waals surface area (Å²) in [6, 6.07) is 5.66. The van der Waals surface area contributed by atoms with Crippen LogP contribution in [0.4, 0.5) is 0 Å². The number of carbonyl (C=O) groups is 1. The maximum atomic E-state index is 12.0. The monoisotopic (exact) mass is 298 g/mol. The van der Waals surface area contributed by atoms with Crippen molar-refractivity contribution in [3.63, 3.8) is 0 Å². The third-order valence-electron chi connectivity index (χ3n) is 2.69. The van der Waals surface area contributed by atoms with Crippen LogP contribution in [0.25, 0.3) is 0 Å². The van der Waals surface area contributed by atoms with Crippen molar-refractivity contribution in [2.24, 2.45) is 5.73 Å². The predicted octanol–water partition coefficient (Wildman–Crippen LogP) is 2.61. The fraction of sp³-hybridized carbons (Fsp3) is 0.462. The van der Waals surface area contributed by atoms with Crippen molar-refractivity contribution in [3.8, 4) is 0 Å². The zero-order valence-corrected chi connectivity index (χ0v) is 11.9. The zero-order valence-electron chi connectivity index (χ0n) is 10.3. The molecule has 3 N–H and O–H groups in total. The van der Waals surface area contributed by atoms with Gasteiger partial charge in [-0.15, -0.1) is 0 Å². The molecule has 1 atom stereocenters. The summed E-state index contributed by atoms with van der Waals surface area (Å²) in [6.45, 7) is 4.55. The van der Waals surface area contributed by atoms with Gasteiger partial charge in [0.05, 0.1) is 0 Å². The number of hydrogen-bond donors (Lipinski definition) is 2. The molecule has 0 aromatic heterocycles. The molecule has 0 aliphatic rings. The second-order valence-electron chi connectivity index (χ2n) is 4.16. The number of hydrogen-bond acceptors (Lipinski definition) is 2. The summed E-state index contributed by atoms with van der Waals surface area (Å²) in [5, 5.41) is 2.95. The lowest BCUT2D eigenvalue weighted by atomic mass is 10.1. The van der Waals surface area contributed by atoms with Crippen LogP contribution >= 0.6 is 15.9 Å². The molecule has 0 heterocycles. The SMILES string of the molecule is CCCC(CN)NC(=O)c1ccc(C)c(Br)c1. The molecule has 0 spiro atoms. The van der Waals surface area contributed by atoms with E-state index in [4.69, 9.17) is 5.73 Å². The van der Waals surface area contributed by atoms with Crippen LogP contribution in [-0.2, 0) is 0 Å². The highest BCUT2D eigenvalue weighted by atomic mass is 79.9. The van der Waals surface area contributed by atoms with Crippen LogP contribution in [0.5, 0.6) is 0 Å². The Bertz CT molecular complexity index is 393. The third kappa shape index (κ3) is 4.13. The summed E-state index contributed by atoms with van der Waals surface area (Å²) >= 11 is 3.42. The number of nitrogens with one attached hydrogen (secondary N) is 1. The Balaban J connectivity index is 2.72. The number of aryl methyl sites for hydroxylation is 1. The van der Waals surface area contributed by atoms with Gasteiger partial charge in [0.2, 0.25) is 0 Å². The van der Waals surface area contributed by atoms with Gasteiger partial charge < -0.3 is 11.1 Å². The molecule has 1 aromatic carbocycles. The number of carbonyl (C=O) groups excluding carboxylic acids is 1. The summed E-state index contributed by atoms with van der Waals surface area (Å²) in [6.07, 6.45) is 1.93. The Hall–Kier alpha value is -0.870. The molecule has 1 unspecified atom stereocenters. The number of nitrogens with two attached hydrogens (primary N) is 1. The van der Waals surface area contributed by atoms with Gasteiger partial charge in [-0.05, 0) is 31.0 Å². The predicted molar refractivity (Wildman–Crippen MR) is 74.1 cm³/mol. The maximum Gasteiger partial charge on any atom is 0.251 e. The van der Waals surface area contributed by atoms with Crippen molar-refractivity contribution in [2.75, 3.05) is 6.54 Å². The zero-order chi connectivity index (χ0) is 12.8. The van der Waals surface area contributed by atoms with E-state index in [1.54, 1.807) is 0 Å². The topological polar surface area (TPSA) is 55.1 Å². The maximum absolute atomic E-state index is 12.0. The molecule has 17 heavy (non-hydrogen) atoms. The Kier molecular flexibility index (Phi) is 5.65. The molecule has 0 fully saturated rings. The van der Waals surface area contributed by atoms with Gasteiger partial charge >= 0.3 is 0 Å². The molecular formula is C13H19BrN2O. The smallest absolute Gasteiger partial charge is 0.251 e. The highest BCUT2D eigenvalue weighted by Gasteiger charge is 2.12. The number of halogens is 1. The Labute approximate surface area is 111 Å². The fourth-order valence-electron chi connectivity index (χ4n) is 1.60. The second-order valence-corrected chi connectivity index (χ2v) is 5.01. The molecule has 0 radical (unpaired) electrons. The molecule has 1 amide bonds. The van der Waals surface area contributed by atoms with Gasteiger partial charge in [0.1, 0.15) is 0 Å². The first-order valence-corrected chi connectivity index (χ1v) is 6.64. The third-order valence-corrected chi connectivity index (χ3v) is 3.55. The quantitative estimate of drug-likeness (QED) is 0.878. The molecule has 1 aromatic rings. The van der Waals surface area contributed by atoms with Gasteiger partial charge in [0.25, 0.3) is 5.91 Å². The van der Waals surface area contributed by atoms with Gasteiger partial charge in [-0.25, -0.2) is 0 Å². The molecule has 0 saturated heterocycles. The number of amides is 1. The van der Waals surface area contributed by atoms with E-state index < -0.39 is 0 Å². The van der Waals surface area contributed by atoms with Gasteiger partial charge in [-0.2, -0.15) is 0 Å². The van der Waals surface area contributed by atoms with Crippen molar-refractivity contribution >= 4 is 21.8 Å². The summed E-state index contributed by atoms with van der Waals surface area (Å²) in [5.41, 5.74) is 7.40. The molecule has 0 bridgehead atoms. The van der Waals surface area contributed by atoms with E-state index in [1.807, 2.05) is 25.1 Å². The standard InChI is InChI=1S/C13H19BrN2O/c1-3-4-11(8-15)16-13(17)10-6-5-9(2)12(14)7-10/h5-7,11H,3-4,8,15H2,1-2H3,(H,16,17). The van der Waals surface area contributed by atoms with Gasteiger partial charge in [0, 0.05) is 22.6 Å². The molecule has 4 heteroatoms. The number of rotatable bonds is 5. The van der Waals surface area contributed by atoms with Crippen molar-refractivity contribution in [3.05, 3.63) is 33.8 Å². The van der Waals surface area contributed by atoms with Crippen LogP contribution in [-0.4, -0.2) is 18.5 Å². The average molecular weight is 299 g/mol. The minimum absolute atomic E-state index is 0.0606. The first-order valence-electron chi connectivity index (χ1n) is 5.85. The summed E-state index contributed by atoms with van der Waals surface area (Å²) in [5.74, 6) is -0.0606. The summed E-state index contributed by atoms with van der Waals surface area (Å²) in [4.78, 5) is 12.0. The highest BCUT2D eigenvalue weighted by Crippen LogP contribution is 2.17. The highest BCUT2D eigenvalue weighted by molar-refractivity contribution is 9.10. The molecule has 0 aliphatic heterocycles. The van der Waals surface area contributed by atoms with Gasteiger partial charge in [-0.3, -0.25) is 4.79 Å². The van der Waals surface area contributed by atoms with E-state index in [-0.39, 0.29) is 11.9 Å². The largest absolute Gasteiger partial charge is 0.348 e. The fourth-order valence-corrected chi connectivity index (χ4v) is 1.98. The van der Waals surface area contributed by atoms with Crippen LogP contribution in [0.3, 0.4) is 0 Å². The van der Waals surface area contributed by atoms with Crippen molar-refractivity contribution in [1.82, 2.24) is 5.32 Å². The lowest BCUT2D eigenvalue weighted by Gasteiger charge is -2.16. The molecule has 0 aliphatic carbocycles. The Morgan fingerprint density at radius 3 is 2.76 bits per heavy atom. The van der Waals surface area contributed by atoms with E-state index in [0.717, 1.165) is 22.9 Å². The lowest BCUT2D eigenvalue weighted by molar-refractivity contribution is 0.0936.